The predicted octanol–water partition coefficient (Wildman–Crippen LogP) is 3.47. The van der Waals surface area contributed by atoms with Gasteiger partial charge in [0, 0.05) is 24.1 Å². The number of rotatable bonds is 8. The Kier molecular flexibility index (Phi) is 6.91. The first-order valence-electron chi connectivity index (χ1n) is 8.27. The van der Waals surface area contributed by atoms with Crippen LogP contribution in [0.25, 0.3) is 0 Å². The van der Waals surface area contributed by atoms with Gasteiger partial charge < -0.3 is 14.8 Å². The first-order valence-corrected chi connectivity index (χ1v) is 8.27. The number of hydrogen-bond acceptors (Lipinski definition) is 5. The van der Waals surface area contributed by atoms with Gasteiger partial charge in [0.2, 0.25) is 5.91 Å². The lowest BCUT2D eigenvalue weighted by Gasteiger charge is -2.07. The predicted molar refractivity (Wildman–Crippen MR) is 97.6 cm³/mol. The summed E-state index contributed by atoms with van der Waals surface area (Å²) in [5, 5.41) is 2.70. The summed E-state index contributed by atoms with van der Waals surface area (Å²) < 4.78 is 9.94. The van der Waals surface area contributed by atoms with Gasteiger partial charge in [-0.05, 0) is 55.5 Å². The summed E-state index contributed by atoms with van der Waals surface area (Å²) in [6.45, 7) is 2.45. The van der Waals surface area contributed by atoms with Crippen molar-refractivity contribution in [3.05, 3.63) is 59.7 Å². The van der Waals surface area contributed by atoms with Gasteiger partial charge in [-0.25, -0.2) is 4.79 Å². The summed E-state index contributed by atoms with van der Waals surface area (Å²) in [6.07, 6.45) is 0.185. The number of anilines is 1. The number of esters is 1. The highest BCUT2D eigenvalue weighted by Gasteiger charge is 2.11. The molecule has 0 aliphatic carbocycles. The topological polar surface area (TPSA) is 81.7 Å². The van der Waals surface area contributed by atoms with Gasteiger partial charge in [0.1, 0.15) is 5.75 Å². The van der Waals surface area contributed by atoms with Crippen LogP contribution in [0.15, 0.2) is 48.5 Å². The zero-order chi connectivity index (χ0) is 18.9. The lowest BCUT2D eigenvalue weighted by atomic mass is 10.1. The zero-order valence-corrected chi connectivity index (χ0v) is 14.8. The van der Waals surface area contributed by atoms with E-state index in [0.29, 0.717) is 29.2 Å². The number of ether oxygens (including phenoxy) is 2. The second-order valence-electron chi connectivity index (χ2n) is 5.50. The molecule has 0 aliphatic rings. The molecule has 1 amide bonds. The van der Waals surface area contributed by atoms with E-state index in [0.717, 1.165) is 0 Å². The highest BCUT2D eigenvalue weighted by molar-refractivity contribution is 6.00. The van der Waals surface area contributed by atoms with Crippen molar-refractivity contribution in [2.45, 2.75) is 19.8 Å². The molecule has 6 heteroatoms. The molecule has 0 spiro atoms. The third kappa shape index (κ3) is 5.44. The molecule has 0 unspecified atom stereocenters. The number of amides is 1. The fraction of sp³-hybridized carbons (Fsp3) is 0.250. The van der Waals surface area contributed by atoms with Crippen molar-refractivity contribution in [2.75, 3.05) is 19.0 Å². The maximum Gasteiger partial charge on any atom is 0.337 e. The lowest BCUT2D eigenvalue weighted by Crippen LogP contribution is -2.13. The largest absolute Gasteiger partial charge is 0.494 e. The number of carbonyl (C=O) groups is 3. The van der Waals surface area contributed by atoms with Gasteiger partial charge >= 0.3 is 5.97 Å². The third-order valence-corrected chi connectivity index (χ3v) is 3.66. The van der Waals surface area contributed by atoms with Gasteiger partial charge in [-0.3, -0.25) is 9.59 Å². The second-order valence-corrected chi connectivity index (χ2v) is 5.50. The molecule has 26 heavy (non-hydrogen) atoms. The quantitative estimate of drug-likeness (QED) is 0.579. The Balaban J connectivity index is 1.84. The van der Waals surface area contributed by atoms with Crippen LogP contribution < -0.4 is 10.1 Å². The fourth-order valence-electron chi connectivity index (χ4n) is 2.31. The fourth-order valence-corrected chi connectivity index (χ4v) is 2.31. The Bertz CT molecular complexity index is 766. The Morgan fingerprint density at radius 2 is 1.50 bits per heavy atom. The van der Waals surface area contributed by atoms with Crippen LogP contribution in [0, 0.1) is 0 Å². The summed E-state index contributed by atoms with van der Waals surface area (Å²) in [6, 6.07) is 13.2. The normalized spacial score (nSPS) is 10.1. The molecule has 0 fully saturated rings. The molecule has 0 heterocycles. The van der Waals surface area contributed by atoms with E-state index in [1.54, 1.807) is 48.5 Å². The van der Waals surface area contributed by atoms with Crippen LogP contribution >= 0.6 is 0 Å². The first kappa shape index (κ1) is 19.2. The van der Waals surface area contributed by atoms with Crippen LogP contribution in [0.3, 0.4) is 0 Å². The molecule has 0 aromatic heterocycles. The standard InChI is InChI=1S/C20H21NO5/c1-3-26-17-10-6-14(7-11-17)18(22)12-13-19(23)21-16-8-4-15(5-9-16)20(24)25-2/h4-11H,3,12-13H2,1-2H3,(H,21,23). The van der Waals surface area contributed by atoms with Crippen LogP contribution in [0.1, 0.15) is 40.5 Å². The van der Waals surface area contributed by atoms with Crippen LogP contribution in [0.2, 0.25) is 0 Å². The summed E-state index contributed by atoms with van der Waals surface area (Å²) in [4.78, 5) is 35.5. The summed E-state index contributed by atoms with van der Waals surface area (Å²) in [5.74, 6) is -0.111. The van der Waals surface area contributed by atoms with Crippen LogP contribution in [-0.4, -0.2) is 31.4 Å². The first-order chi connectivity index (χ1) is 12.5. The number of ketones is 1. The molecule has 6 nitrogen and oxygen atoms in total. The molecule has 0 atom stereocenters. The van der Waals surface area contributed by atoms with Crippen molar-refractivity contribution in [2.24, 2.45) is 0 Å². The lowest BCUT2D eigenvalue weighted by molar-refractivity contribution is -0.116. The molecular weight excluding hydrogens is 334 g/mol. The molecule has 1 N–H and O–H groups in total. The number of benzene rings is 2. The van der Waals surface area contributed by atoms with Gasteiger partial charge in [0.15, 0.2) is 5.78 Å². The molecule has 2 aromatic carbocycles. The van der Waals surface area contributed by atoms with E-state index in [-0.39, 0.29) is 24.5 Å². The molecule has 0 saturated heterocycles. The summed E-state index contributed by atoms with van der Waals surface area (Å²) in [5.41, 5.74) is 1.50. The number of nitrogens with one attached hydrogen (secondary N) is 1. The Labute approximate surface area is 152 Å². The molecule has 0 bridgehead atoms. The van der Waals surface area contributed by atoms with Gasteiger partial charge in [0.05, 0.1) is 19.3 Å². The monoisotopic (exact) mass is 355 g/mol. The highest BCUT2D eigenvalue weighted by atomic mass is 16.5. The van der Waals surface area contributed by atoms with E-state index in [2.05, 4.69) is 10.1 Å². The maximum atomic E-state index is 12.2. The van der Waals surface area contributed by atoms with Crippen molar-refractivity contribution in [3.63, 3.8) is 0 Å². The average Bonchev–Trinajstić information content (AvgIpc) is 2.67. The Hall–Kier alpha value is -3.15. The van der Waals surface area contributed by atoms with E-state index < -0.39 is 5.97 Å². The Morgan fingerprint density at radius 3 is 2.08 bits per heavy atom. The van der Waals surface area contributed by atoms with Gasteiger partial charge in [-0.1, -0.05) is 0 Å². The molecule has 0 saturated carbocycles. The van der Waals surface area contributed by atoms with E-state index >= 15 is 0 Å². The molecule has 2 aromatic rings. The van der Waals surface area contributed by atoms with Crippen LogP contribution in [-0.2, 0) is 9.53 Å². The molecule has 0 radical (unpaired) electrons. The van der Waals surface area contributed by atoms with E-state index in [1.807, 2.05) is 6.92 Å². The minimum Gasteiger partial charge on any atom is -0.494 e. The molecule has 2 rings (SSSR count). The number of hydrogen-bond donors (Lipinski definition) is 1. The number of carbonyl (C=O) groups excluding carboxylic acids is 3. The minimum atomic E-state index is -0.441. The van der Waals surface area contributed by atoms with Crippen LogP contribution in [0.5, 0.6) is 5.75 Å². The number of methoxy groups -OCH3 is 1. The summed E-state index contributed by atoms with van der Waals surface area (Å²) >= 11 is 0. The SMILES string of the molecule is CCOc1ccc(C(=O)CCC(=O)Nc2ccc(C(=O)OC)cc2)cc1. The second kappa shape index (κ2) is 9.36. The Morgan fingerprint density at radius 1 is 0.885 bits per heavy atom. The number of Topliss-reactive ketones (excluding diaryl/α,β-unsaturated/α-hetero) is 1. The van der Waals surface area contributed by atoms with Crippen molar-refractivity contribution in [1.82, 2.24) is 0 Å². The zero-order valence-electron chi connectivity index (χ0n) is 14.8. The highest BCUT2D eigenvalue weighted by Crippen LogP contribution is 2.15. The van der Waals surface area contributed by atoms with Crippen molar-refractivity contribution in [3.8, 4) is 5.75 Å². The van der Waals surface area contributed by atoms with Gasteiger partial charge in [-0.15, -0.1) is 0 Å². The van der Waals surface area contributed by atoms with E-state index in [1.165, 1.54) is 7.11 Å². The molecular formula is C20H21NO5. The summed E-state index contributed by atoms with van der Waals surface area (Å²) in [7, 11) is 1.30. The van der Waals surface area contributed by atoms with Crippen LogP contribution in [0.4, 0.5) is 5.69 Å². The third-order valence-electron chi connectivity index (χ3n) is 3.66. The van der Waals surface area contributed by atoms with Crippen molar-refractivity contribution < 1.29 is 23.9 Å². The smallest absolute Gasteiger partial charge is 0.337 e. The minimum absolute atomic E-state index is 0.0742. The molecule has 0 aliphatic heterocycles. The van der Waals surface area contributed by atoms with Gasteiger partial charge in [0.25, 0.3) is 0 Å². The van der Waals surface area contributed by atoms with Gasteiger partial charge in [-0.2, -0.15) is 0 Å². The van der Waals surface area contributed by atoms with Crippen molar-refractivity contribution >= 4 is 23.3 Å². The van der Waals surface area contributed by atoms with Crippen molar-refractivity contribution in [1.29, 1.82) is 0 Å². The maximum absolute atomic E-state index is 12.2. The van der Waals surface area contributed by atoms with E-state index in [4.69, 9.17) is 4.74 Å². The molecule has 136 valence electrons. The average molecular weight is 355 g/mol. The van der Waals surface area contributed by atoms with E-state index in [9.17, 15) is 14.4 Å².